The predicted octanol–water partition coefficient (Wildman–Crippen LogP) is 1.12. The van der Waals surface area contributed by atoms with Crippen LogP contribution in [0.15, 0.2) is 0 Å². The molecule has 0 atom stereocenters. The molecule has 0 aliphatic heterocycles. The van der Waals surface area contributed by atoms with Gasteiger partial charge in [0.2, 0.25) is 0 Å². The third-order valence-electron chi connectivity index (χ3n) is 0.951. The van der Waals surface area contributed by atoms with E-state index in [1.807, 2.05) is 20.8 Å². The first-order valence-electron chi connectivity index (χ1n) is 3.57. The van der Waals surface area contributed by atoms with Crippen molar-refractivity contribution in [1.29, 1.82) is 0 Å². The van der Waals surface area contributed by atoms with E-state index in [1.54, 1.807) is 14.1 Å². The van der Waals surface area contributed by atoms with E-state index in [2.05, 4.69) is 11.8 Å². The minimum absolute atomic E-state index is 0.0916. The van der Waals surface area contributed by atoms with Crippen molar-refractivity contribution in [1.82, 2.24) is 4.90 Å². The summed E-state index contributed by atoms with van der Waals surface area (Å²) in [5, 5.41) is 0. The average molecular weight is 153 g/mol. The Morgan fingerprint density at radius 2 is 1.73 bits per heavy atom. The minimum Gasteiger partial charge on any atom is -0.338 e. The molecule has 0 aromatic carbocycles. The van der Waals surface area contributed by atoms with Crippen LogP contribution in [-0.2, 0) is 4.79 Å². The lowest BCUT2D eigenvalue weighted by molar-refractivity contribution is -0.122. The lowest BCUT2D eigenvalue weighted by atomic mass is 9.98. The van der Waals surface area contributed by atoms with Gasteiger partial charge in [-0.15, -0.1) is 0 Å². The van der Waals surface area contributed by atoms with Crippen LogP contribution in [-0.4, -0.2) is 24.9 Å². The van der Waals surface area contributed by atoms with E-state index in [1.165, 1.54) is 4.90 Å². The van der Waals surface area contributed by atoms with Crippen LogP contribution < -0.4 is 0 Å². The van der Waals surface area contributed by atoms with Gasteiger partial charge in [-0.3, -0.25) is 4.79 Å². The Hall–Kier alpha value is -0.970. The summed E-state index contributed by atoms with van der Waals surface area (Å²) in [6.45, 7) is 5.93. The van der Waals surface area contributed by atoms with Crippen molar-refractivity contribution in [2.45, 2.75) is 20.8 Å². The Morgan fingerprint density at radius 3 is 2.00 bits per heavy atom. The molecule has 0 aliphatic carbocycles. The van der Waals surface area contributed by atoms with Gasteiger partial charge in [-0.05, 0) is 26.7 Å². The molecule has 0 unspecified atom stereocenters. The van der Waals surface area contributed by atoms with Crippen LogP contribution in [0.2, 0.25) is 0 Å². The second kappa shape index (κ2) is 3.43. The maximum Gasteiger partial charge on any atom is 0.297 e. The van der Waals surface area contributed by atoms with E-state index in [4.69, 9.17) is 0 Å². The smallest absolute Gasteiger partial charge is 0.297 e. The zero-order chi connectivity index (χ0) is 9.07. The molecule has 62 valence electrons. The molecule has 0 bridgehead atoms. The van der Waals surface area contributed by atoms with Crippen LogP contribution in [0.25, 0.3) is 0 Å². The van der Waals surface area contributed by atoms with Gasteiger partial charge in [0.15, 0.2) is 0 Å². The summed E-state index contributed by atoms with van der Waals surface area (Å²) in [5.41, 5.74) is -0.0916. The van der Waals surface area contributed by atoms with Gasteiger partial charge in [0.05, 0.1) is 0 Å². The number of carbonyl (C=O) groups excluding carboxylic acids is 1. The van der Waals surface area contributed by atoms with Crippen LogP contribution in [0.4, 0.5) is 0 Å². The fourth-order valence-electron chi connectivity index (χ4n) is 0.353. The fourth-order valence-corrected chi connectivity index (χ4v) is 0.353. The van der Waals surface area contributed by atoms with E-state index in [0.29, 0.717) is 0 Å². The van der Waals surface area contributed by atoms with Crippen LogP contribution in [0.5, 0.6) is 0 Å². The molecule has 0 fully saturated rings. The number of rotatable bonds is 0. The summed E-state index contributed by atoms with van der Waals surface area (Å²) >= 11 is 0. The number of hydrogen-bond acceptors (Lipinski definition) is 1. The van der Waals surface area contributed by atoms with Crippen molar-refractivity contribution < 1.29 is 4.79 Å². The lowest BCUT2D eigenvalue weighted by Gasteiger charge is -2.08. The van der Waals surface area contributed by atoms with Gasteiger partial charge in [0.1, 0.15) is 0 Å². The minimum atomic E-state index is -0.139. The molecule has 1 amide bonds. The molecule has 0 saturated heterocycles. The maximum absolute atomic E-state index is 10.9. The highest BCUT2D eigenvalue weighted by atomic mass is 16.2. The molecule has 0 saturated carbocycles. The molecule has 0 spiro atoms. The second-order valence-electron chi connectivity index (χ2n) is 3.70. The van der Waals surface area contributed by atoms with Crippen molar-refractivity contribution in [3.8, 4) is 11.8 Å². The van der Waals surface area contributed by atoms with Gasteiger partial charge in [-0.1, -0.05) is 5.92 Å². The molecule has 0 radical (unpaired) electrons. The number of amides is 1. The zero-order valence-corrected chi connectivity index (χ0v) is 7.86. The Labute approximate surface area is 68.6 Å². The van der Waals surface area contributed by atoms with E-state index in [-0.39, 0.29) is 11.3 Å². The van der Waals surface area contributed by atoms with Crippen molar-refractivity contribution in [3.05, 3.63) is 0 Å². The second-order valence-corrected chi connectivity index (χ2v) is 3.70. The first kappa shape index (κ1) is 10.0. The molecule has 0 aliphatic rings. The van der Waals surface area contributed by atoms with Gasteiger partial charge in [-0.2, -0.15) is 0 Å². The van der Waals surface area contributed by atoms with Crippen molar-refractivity contribution >= 4 is 5.91 Å². The molecule has 0 heterocycles. The number of hydrogen-bond donors (Lipinski definition) is 0. The first-order chi connectivity index (χ1) is 4.83. The molecule has 2 heteroatoms. The average Bonchev–Trinajstić information content (AvgIpc) is 1.80. The van der Waals surface area contributed by atoms with Gasteiger partial charge in [0, 0.05) is 19.5 Å². The van der Waals surface area contributed by atoms with Crippen molar-refractivity contribution in [2.24, 2.45) is 5.41 Å². The van der Waals surface area contributed by atoms with E-state index >= 15 is 0 Å². The third-order valence-corrected chi connectivity index (χ3v) is 0.951. The standard InChI is InChI=1S/C9H15NO/c1-9(2,3)7-6-8(11)10(4)5/h1-5H3. The molecule has 0 N–H and O–H groups in total. The SMILES string of the molecule is CN(C)C(=O)C#CC(C)(C)C. The van der Waals surface area contributed by atoms with E-state index < -0.39 is 0 Å². The summed E-state index contributed by atoms with van der Waals surface area (Å²) in [4.78, 5) is 12.4. The normalized spacial score (nSPS) is 9.91. The van der Waals surface area contributed by atoms with Crippen LogP contribution >= 0.6 is 0 Å². The van der Waals surface area contributed by atoms with Crippen molar-refractivity contribution in [2.75, 3.05) is 14.1 Å². The monoisotopic (exact) mass is 153 g/mol. The number of nitrogens with zero attached hydrogens (tertiary/aromatic N) is 1. The van der Waals surface area contributed by atoms with Gasteiger partial charge < -0.3 is 4.90 Å². The summed E-state index contributed by atoms with van der Waals surface area (Å²) in [6.07, 6.45) is 0. The highest BCUT2D eigenvalue weighted by Crippen LogP contribution is 2.09. The summed E-state index contributed by atoms with van der Waals surface area (Å²) in [5.74, 6) is 5.28. The van der Waals surface area contributed by atoms with Gasteiger partial charge in [-0.25, -0.2) is 0 Å². The Morgan fingerprint density at radius 1 is 1.27 bits per heavy atom. The summed E-state index contributed by atoms with van der Waals surface area (Å²) in [6, 6.07) is 0. The Kier molecular flexibility index (Phi) is 3.13. The number of carbonyl (C=O) groups is 1. The zero-order valence-electron chi connectivity index (χ0n) is 7.86. The molecule has 2 nitrogen and oxygen atoms in total. The van der Waals surface area contributed by atoms with Crippen molar-refractivity contribution in [3.63, 3.8) is 0 Å². The van der Waals surface area contributed by atoms with Gasteiger partial charge >= 0.3 is 0 Å². The van der Waals surface area contributed by atoms with E-state index in [0.717, 1.165) is 0 Å². The van der Waals surface area contributed by atoms with Gasteiger partial charge in [0.25, 0.3) is 5.91 Å². The first-order valence-corrected chi connectivity index (χ1v) is 3.57. The largest absolute Gasteiger partial charge is 0.338 e. The molecular formula is C9H15NO. The quantitative estimate of drug-likeness (QED) is 0.478. The predicted molar refractivity (Wildman–Crippen MR) is 45.9 cm³/mol. The van der Waals surface area contributed by atoms with Crippen LogP contribution in [0, 0.1) is 17.3 Å². The molecule has 0 aromatic heterocycles. The third kappa shape index (κ3) is 5.47. The maximum atomic E-state index is 10.9. The highest BCUT2D eigenvalue weighted by molar-refractivity contribution is 5.93. The highest BCUT2D eigenvalue weighted by Gasteiger charge is 2.05. The molecule has 0 aromatic rings. The van der Waals surface area contributed by atoms with Crippen LogP contribution in [0.3, 0.4) is 0 Å². The topological polar surface area (TPSA) is 20.3 Å². The Bertz CT molecular complexity index is 200. The molecular weight excluding hydrogens is 138 g/mol. The summed E-state index contributed by atoms with van der Waals surface area (Å²) in [7, 11) is 3.39. The summed E-state index contributed by atoms with van der Waals surface area (Å²) < 4.78 is 0. The molecule has 11 heavy (non-hydrogen) atoms. The lowest BCUT2D eigenvalue weighted by Crippen LogP contribution is -2.19. The van der Waals surface area contributed by atoms with E-state index in [9.17, 15) is 4.79 Å². The Balaban J connectivity index is 4.20. The molecule has 0 rings (SSSR count). The van der Waals surface area contributed by atoms with Crippen LogP contribution in [0.1, 0.15) is 20.8 Å². The fraction of sp³-hybridized carbons (Fsp3) is 0.667.